The third-order valence-electron chi connectivity index (χ3n) is 5.30. The lowest BCUT2D eigenvalue weighted by molar-refractivity contribution is -0.140. The molecule has 0 saturated carbocycles. The molecule has 1 amide bonds. The summed E-state index contributed by atoms with van der Waals surface area (Å²) < 4.78 is 0. The Labute approximate surface area is 125 Å². The van der Waals surface area contributed by atoms with Crippen LogP contribution >= 0.6 is 0 Å². The minimum Gasteiger partial charge on any atom is -0.389 e. The van der Waals surface area contributed by atoms with E-state index in [1.54, 1.807) is 0 Å². The van der Waals surface area contributed by atoms with Gasteiger partial charge in [-0.2, -0.15) is 0 Å². The molecule has 4 heteroatoms. The smallest absolute Gasteiger partial charge is 0.223 e. The molecule has 1 fully saturated rings. The summed E-state index contributed by atoms with van der Waals surface area (Å²) in [6.45, 7) is 3.79. The largest absolute Gasteiger partial charge is 0.389 e. The van der Waals surface area contributed by atoms with Crippen LogP contribution in [0.5, 0.6) is 0 Å². The van der Waals surface area contributed by atoms with E-state index >= 15 is 0 Å². The van der Waals surface area contributed by atoms with Crippen LogP contribution in [0.2, 0.25) is 0 Å². The molecule has 2 heterocycles. The van der Waals surface area contributed by atoms with Gasteiger partial charge in [0.2, 0.25) is 5.91 Å². The molecule has 3 atom stereocenters. The fourth-order valence-corrected chi connectivity index (χ4v) is 4.15. The van der Waals surface area contributed by atoms with Gasteiger partial charge in [0, 0.05) is 19.1 Å². The van der Waals surface area contributed by atoms with Gasteiger partial charge in [-0.05, 0) is 36.8 Å². The lowest BCUT2D eigenvalue weighted by Gasteiger charge is -2.49. The van der Waals surface area contributed by atoms with Crippen molar-refractivity contribution in [1.82, 2.24) is 4.90 Å². The second-order valence-electron chi connectivity index (χ2n) is 6.42. The number of nitrogens with zero attached hydrogens (tertiary/aromatic N) is 1. The molecule has 0 unspecified atom stereocenters. The molecule has 4 nitrogen and oxygen atoms in total. The minimum absolute atomic E-state index is 0.210. The first kappa shape index (κ1) is 14.5. The molecule has 0 aliphatic carbocycles. The Morgan fingerprint density at radius 1 is 1.48 bits per heavy atom. The van der Waals surface area contributed by atoms with Crippen LogP contribution in [0.15, 0.2) is 24.3 Å². The van der Waals surface area contributed by atoms with E-state index in [1.807, 2.05) is 6.92 Å². The summed E-state index contributed by atoms with van der Waals surface area (Å²) in [4.78, 5) is 14.1. The van der Waals surface area contributed by atoms with Crippen LogP contribution in [0, 0.1) is 5.92 Å². The Kier molecular flexibility index (Phi) is 3.76. The Morgan fingerprint density at radius 3 is 2.95 bits per heavy atom. The number of aliphatic hydroxyl groups is 1. The van der Waals surface area contributed by atoms with Crippen molar-refractivity contribution in [1.29, 1.82) is 0 Å². The van der Waals surface area contributed by atoms with Gasteiger partial charge in [0.05, 0.1) is 11.5 Å². The summed E-state index contributed by atoms with van der Waals surface area (Å²) in [6.07, 6.45) is 2.90. The molecule has 1 aromatic carbocycles. The van der Waals surface area contributed by atoms with E-state index < -0.39 is 11.5 Å². The number of primary amides is 1. The van der Waals surface area contributed by atoms with E-state index in [2.05, 4.69) is 29.2 Å². The zero-order chi connectivity index (χ0) is 15.0. The summed E-state index contributed by atoms with van der Waals surface area (Å²) in [5.41, 5.74) is 7.22. The van der Waals surface area contributed by atoms with Crippen LogP contribution in [0.25, 0.3) is 0 Å². The second-order valence-corrected chi connectivity index (χ2v) is 6.42. The Balaban J connectivity index is 1.91. The first-order chi connectivity index (χ1) is 10.0. The summed E-state index contributed by atoms with van der Waals surface area (Å²) in [5, 5.41) is 11.0. The van der Waals surface area contributed by atoms with E-state index in [9.17, 15) is 9.90 Å². The van der Waals surface area contributed by atoms with Crippen LogP contribution in [0.4, 0.5) is 0 Å². The molecule has 3 N–H and O–H groups in total. The Hall–Kier alpha value is -1.39. The zero-order valence-corrected chi connectivity index (χ0v) is 12.6. The normalized spacial score (nSPS) is 30.3. The van der Waals surface area contributed by atoms with Crippen LogP contribution in [0.3, 0.4) is 0 Å². The van der Waals surface area contributed by atoms with Crippen LogP contribution in [-0.4, -0.2) is 34.6 Å². The first-order valence-electron chi connectivity index (χ1n) is 7.88. The second kappa shape index (κ2) is 5.43. The van der Waals surface area contributed by atoms with E-state index in [1.165, 1.54) is 11.1 Å². The summed E-state index contributed by atoms with van der Waals surface area (Å²) in [7, 11) is 0. The maximum atomic E-state index is 11.7. The topological polar surface area (TPSA) is 66.6 Å². The lowest BCUT2D eigenvalue weighted by atomic mass is 9.72. The molecule has 0 aromatic heterocycles. The number of hydrogen-bond acceptors (Lipinski definition) is 3. The highest BCUT2D eigenvalue weighted by molar-refractivity contribution is 5.78. The van der Waals surface area contributed by atoms with Crippen LogP contribution < -0.4 is 5.73 Å². The fraction of sp³-hybridized carbons (Fsp3) is 0.588. The number of piperidine rings is 1. The summed E-state index contributed by atoms with van der Waals surface area (Å²) in [6, 6.07) is 8.67. The van der Waals surface area contributed by atoms with Crippen molar-refractivity contribution in [3.8, 4) is 0 Å². The van der Waals surface area contributed by atoms with Gasteiger partial charge in [0.1, 0.15) is 0 Å². The van der Waals surface area contributed by atoms with Gasteiger partial charge in [0.15, 0.2) is 0 Å². The number of fused-ring (bicyclic) bond motifs is 3. The van der Waals surface area contributed by atoms with Crippen LogP contribution in [0.1, 0.15) is 43.4 Å². The molecule has 1 saturated heterocycles. The average Bonchev–Trinajstić information content (AvgIpc) is 2.47. The summed E-state index contributed by atoms with van der Waals surface area (Å²) >= 11 is 0. The fourth-order valence-electron chi connectivity index (χ4n) is 4.15. The highest BCUT2D eigenvalue weighted by Crippen LogP contribution is 2.44. The highest BCUT2D eigenvalue weighted by atomic mass is 16.3. The Bertz CT molecular complexity index is 545. The number of hydrogen-bond donors (Lipinski definition) is 2. The maximum Gasteiger partial charge on any atom is 0.223 e. The number of rotatable bonds is 3. The molecule has 1 aromatic rings. The molecule has 0 radical (unpaired) electrons. The van der Waals surface area contributed by atoms with Crippen molar-refractivity contribution in [3.63, 3.8) is 0 Å². The van der Waals surface area contributed by atoms with Crippen molar-refractivity contribution in [2.24, 2.45) is 11.7 Å². The minimum atomic E-state index is -0.966. The number of benzene rings is 1. The van der Waals surface area contributed by atoms with Gasteiger partial charge < -0.3 is 10.8 Å². The predicted molar refractivity (Wildman–Crippen MR) is 81.6 cm³/mol. The highest BCUT2D eigenvalue weighted by Gasteiger charge is 2.46. The molecule has 0 spiro atoms. The molecular formula is C17H24N2O2. The Morgan fingerprint density at radius 2 is 2.24 bits per heavy atom. The van der Waals surface area contributed by atoms with E-state index in [0.717, 1.165) is 19.5 Å². The lowest BCUT2D eigenvalue weighted by Crippen LogP contribution is -2.54. The van der Waals surface area contributed by atoms with Gasteiger partial charge >= 0.3 is 0 Å². The number of carbonyl (C=O) groups is 1. The van der Waals surface area contributed by atoms with E-state index in [4.69, 9.17) is 5.73 Å². The van der Waals surface area contributed by atoms with E-state index in [-0.39, 0.29) is 11.9 Å². The van der Waals surface area contributed by atoms with Gasteiger partial charge in [-0.15, -0.1) is 0 Å². The van der Waals surface area contributed by atoms with Gasteiger partial charge in [0.25, 0.3) is 0 Å². The average molecular weight is 288 g/mol. The molecule has 21 heavy (non-hydrogen) atoms. The van der Waals surface area contributed by atoms with Gasteiger partial charge in [-0.3, -0.25) is 9.69 Å². The third-order valence-corrected chi connectivity index (χ3v) is 5.30. The molecule has 3 rings (SSSR count). The monoisotopic (exact) mass is 288 g/mol. The standard InChI is InChI=1S/C17H24N2O2/c1-2-14(16(18)20)17(21)8-10-19-9-7-12-5-3-4-6-13(12)15(19)11-17/h3-6,14-15,21H,2,7-11H2,1H3,(H2,18,20)/t14-,15-,17-/m1/s1. The number of nitrogens with two attached hydrogens (primary N) is 1. The van der Waals surface area contributed by atoms with E-state index in [0.29, 0.717) is 19.3 Å². The molecular weight excluding hydrogens is 264 g/mol. The molecule has 0 bridgehead atoms. The number of carbonyl (C=O) groups excluding carboxylic acids is 1. The predicted octanol–water partition coefficient (Wildman–Crippen LogP) is 1.62. The number of amides is 1. The van der Waals surface area contributed by atoms with Crippen molar-refractivity contribution in [2.45, 2.75) is 44.2 Å². The van der Waals surface area contributed by atoms with Gasteiger partial charge in [-0.25, -0.2) is 0 Å². The SMILES string of the molecule is CC[C@H](C(N)=O)[C@@]1(O)CCN2CCc3ccccc3[C@H]2C1. The van der Waals surface area contributed by atoms with Crippen molar-refractivity contribution >= 4 is 5.91 Å². The summed E-state index contributed by atoms with van der Waals surface area (Å²) in [5.74, 6) is -0.828. The quantitative estimate of drug-likeness (QED) is 0.888. The molecule has 2 aliphatic heterocycles. The van der Waals surface area contributed by atoms with Gasteiger partial charge in [-0.1, -0.05) is 31.2 Å². The molecule has 114 valence electrons. The maximum absolute atomic E-state index is 11.7. The third kappa shape index (κ3) is 2.47. The zero-order valence-electron chi connectivity index (χ0n) is 12.6. The van der Waals surface area contributed by atoms with Crippen LogP contribution in [-0.2, 0) is 11.2 Å². The van der Waals surface area contributed by atoms with Crippen molar-refractivity contribution < 1.29 is 9.90 Å². The van der Waals surface area contributed by atoms with Crippen molar-refractivity contribution in [2.75, 3.05) is 13.1 Å². The van der Waals surface area contributed by atoms with Crippen molar-refractivity contribution in [3.05, 3.63) is 35.4 Å². The first-order valence-corrected chi connectivity index (χ1v) is 7.88. The molecule has 2 aliphatic rings.